The van der Waals surface area contributed by atoms with E-state index in [0.717, 1.165) is 18.4 Å². The van der Waals surface area contributed by atoms with Crippen LogP contribution in [0, 0.1) is 0 Å². The number of carboxylic acids is 1. The summed E-state index contributed by atoms with van der Waals surface area (Å²) < 4.78 is 0. The van der Waals surface area contributed by atoms with E-state index in [1.807, 2.05) is 31.2 Å². The van der Waals surface area contributed by atoms with Gasteiger partial charge in [0.2, 0.25) is 5.91 Å². The first-order chi connectivity index (χ1) is 9.47. The van der Waals surface area contributed by atoms with Gasteiger partial charge in [0.05, 0.1) is 0 Å². The molecule has 110 valence electrons. The largest absolute Gasteiger partial charge is 0.481 e. The Bertz CT molecular complexity index is 445. The number of aryl methyl sites for hydroxylation is 1. The number of carbonyl (C=O) groups is 2. The fraction of sp³-hybridized carbons (Fsp3) is 0.467. The predicted octanol–water partition coefficient (Wildman–Crippen LogP) is 3.03. The third kappa shape index (κ3) is 7.14. The maximum absolute atomic E-state index is 11.7. The molecule has 5 heteroatoms. The third-order valence-corrected chi connectivity index (χ3v) is 3.23. The van der Waals surface area contributed by atoms with Crippen molar-refractivity contribution in [1.82, 2.24) is 5.32 Å². The van der Waals surface area contributed by atoms with Crippen molar-refractivity contribution < 1.29 is 14.7 Å². The lowest BCUT2D eigenvalue weighted by Crippen LogP contribution is -2.32. The molecule has 0 aromatic heterocycles. The summed E-state index contributed by atoms with van der Waals surface area (Å²) in [6.45, 7) is 1.82. The van der Waals surface area contributed by atoms with Crippen molar-refractivity contribution in [3.05, 3.63) is 34.9 Å². The Morgan fingerprint density at radius 3 is 2.50 bits per heavy atom. The monoisotopic (exact) mass is 297 g/mol. The molecule has 4 nitrogen and oxygen atoms in total. The highest BCUT2D eigenvalue weighted by Crippen LogP contribution is 2.11. The van der Waals surface area contributed by atoms with Gasteiger partial charge in [0, 0.05) is 23.9 Å². The lowest BCUT2D eigenvalue weighted by molar-refractivity contribution is -0.137. The van der Waals surface area contributed by atoms with Gasteiger partial charge >= 0.3 is 5.97 Å². The van der Waals surface area contributed by atoms with E-state index >= 15 is 0 Å². The third-order valence-electron chi connectivity index (χ3n) is 2.98. The normalized spacial score (nSPS) is 11.9. The minimum absolute atomic E-state index is 0.0307. The van der Waals surface area contributed by atoms with E-state index in [1.165, 1.54) is 0 Å². The van der Waals surface area contributed by atoms with Crippen LogP contribution in [0.2, 0.25) is 5.02 Å². The average Bonchev–Trinajstić information content (AvgIpc) is 2.38. The highest BCUT2D eigenvalue weighted by Gasteiger charge is 2.09. The number of hydrogen-bond acceptors (Lipinski definition) is 2. The highest BCUT2D eigenvalue weighted by molar-refractivity contribution is 6.30. The maximum Gasteiger partial charge on any atom is 0.303 e. The molecule has 1 unspecified atom stereocenters. The molecule has 0 aliphatic rings. The van der Waals surface area contributed by atoms with Gasteiger partial charge in [-0.15, -0.1) is 0 Å². The second-order valence-corrected chi connectivity index (χ2v) is 5.32. The van der Waals surface area contributed by atoms with Gasteiger partial charge in [-0.3, -0.25) is 9.59 Å². The Labute approximate surface area is 124 Å². The molecule has 0 aliphatic heterocycles. The summed E-state index contributed by atoms with van der Waals surface area (Å²) in [7, 11) is 0. The van der Waals surface area contributed by atoms with E-state index in [1.54, 1.807) is 0 Å². The second kappa shape index (κ2) is 8.59. The zero-order valence-corrected chi connectivity index (χ0v) is 12.3. The van der Waals surface area contributed by atoms with E-state index in [4.69, 9.17) is 16.7 Å². The van der Waals surface area contributed by atoms with Gasteiger partial charge in [-0.05, 0) is 43.9 Å². The van der Waals surface area contributed by atoms with Gasteiger partial charge in [0.1, 0.15) is 0 Å². The molecule has 1 aromatic carbocycles. The molecule has 0 saturated heterocycles. The number of carbonyl (C=O) groups excluding carboxylic acids is 1. The zero-order chi connectivity index (χ0) is 15.0. The molecule has 0 saturated carbocycles. The van der Waals surface area contributed by atoms with Crippen LogP contribution in [-0.2, 0) is 16.0 Å². The van der Waals surface area contributed by atoms with E-state index in [0.29, 0.717) is 17.9 Å². The van der Waals surface area contributed by atoms with Crippen LogP contribution in [0.3, 0.4) is 0 Å². The molecule has 0 radical (unpaired) electrons. The molecule has 0 spiro atoms. The quantitative estimate of drug-likeness (QED) is 0.775. The van der Waals surface area contributed by atoms with Gasteiger partial charge in [-0.1, -0.05) is 23.7 Å². The van der Waals surface area contributed by atoms with E-state index in [9.17, 15) is 9.59 Å². The van der Waals surface area contributed by atoms with E-state index in [2.05, 4.69) is 5.32 Å². The van der Waals surface area contributed by atoms with Crippen molar-refractivity contribution in [2.24, 2.45) is 0 Å². The van der Waals surface area contributed by atoms with E-state index in [-0.39, 0.29) is 18.4 Å². The van der Waals surface area contributed by atoms with Crippen molar-refractivity contribution in [1.29, 1.82) is 0 Å². The molecule has 0 aliphatic carbocycles. The molecule has 0 fully saturated rings. The lowest BCUT2D eigenvalue weighted by Gasteiger charge is -2.12. The van der Waals surface area contributed by atoms with Crippen molar-refractivity contribution in [3.8, 4) is 0 Å². The molecule has 1 amide bonds. The first-order valence-corrected chi connectivity index (χ1v) is 7.11. The molecule has 20 heavy (non-hydrogen) atoms. The second-order valence-electron chi connectivity index (χ2n) is 4.88. The van der Waals surface area contributed by atoms with Gasteiger partial charge in [-0.25, -0.2) is 0 Å². The van der Waals surface area contributed by atoms with Crippen LogP contribution in [0.15, 0.2) is 24.3 Å². The summed E-state index contributed by atoms with van der Waals surface area (Å²) >= 11 is 5.80. The fourth-order valence-electron chi connectivity index (χ4n) is 1.86. The molecule has 1 aromatic rings. The van der Waals surface area contributed by atoms with Crippen LogP contribution in [-0.4, -0.2) is 23.0 Å². The van der Waals surface area contributed by atoms with Crippen LogP contribution >= 0.6 is 11.6 Å². The summed E-state index contributed by atoms with van der Waals surface area (Å²) in [5.74, 6) is -0.870. The summed E-state index contributed by atoms with van der Waals surface area (Å²) in [4.78, 5) is 22.1. The van der Waals surface area contributed by atoms with E-state index < -0.39 is 5.97 Å². The Morgan fingerprint density at radius 1 is 1.25 bits per heavy atom. The highest BCUT2D eigenvalue weighted by atomic mass is 35.5. The first-order valence-electron chi connectivity index (χ1n) is 6.73. The summed E-state index contributed by atoms with van der Waals surface area (Å²) in [6.07, 6.45) is 2.57. The number of aliphatic carboxylic acids is 1. The van der Waals surface area contributed by atoms with Crippen molar-refractivity contribution in [2.75, 3.05) is 0 Å². The Kier molecular flexibility index (Phi) is 7.09. The van der Waals surface area contributed by atoms with Crippen molar-refractivity contribution >= 4 is 23.5 Å². The predicted molar refractivity (Wildman–Crippen MR) is 78.9 cm³/mol. The summed E-state index contributed by atoms with van der Waals surface area (Å²) in [5.41, 5.74) is 1.15. The zero-order valence-electron chi connectivity index (χ0n) is 11.6. The van der Waals surface area contributed by atoms with Gasteiger partial charge in [0.15, 0.2) is 0 Å². The SMILES string of the molecule is CC(CCC(=O)O)NC(=O)CCCc1ccc(Cl)cc1. The molecule has 2 N–H and O–H groups in total. The molecule has 0 bridgehead atoms. The van der Waals surface area contributed by atoms with Gasteiger partial charge < -0.3 is 10.4 Å². The van der Waals surface area contributed by atoms with Gasteiger partial charge in [0.25, 0.3) is 0 Å². The standard InChI is InChI=1S/C15H20ClNO3/c1-11(5-10-15(19)20)17-14(18)4-2-3-12-6-8-13(16)9-7-12/h6-9,11H,2-5,10H2,1H3,(H,17,18)(H,19,20). The minimum atomic E-state index is -0.839. The van der Waals surface area contributed by atoms with Gasteiger partial charge in [-0.2, -0.15) is 0 Å². The Morgan fingerprint density at radius 2 is 1.90 bits per heavy atom. The Hall–Kier alpha value is -1.55. The average molecular weight is 298 g/mol. The van der Waals surface area contributed by atoms with Crippen LogP contribution in [0.5, 0.6) is 0 Å². The topological polar surface area (TPSA) is 66.4 Å². The number of carboxylic acid groups (broad SMARTS) is 1. The molecular weight excluding hydrogens is 278 g/mol. The van der Waals surface area contributed by atoms with Crippen LogP contribution in [0.4, 0.5) is 0 Å². The number of amides is 1. The summed E-state index contributed by atoms with van der Waals surface area (Å²) in [5, 5.41) is 12.1. The molecule has 0 heterocycles. The Balaban J connectivity index is 2.19. The lowest BCUT2D eigenvalue weighted by atomic mass is 10.1. The number of rotatable bonds is 8. The maximum atomic E-state index is 11.7. The van der Waals surface area contributed by atoms with Crippen LogP contribution in [0.25, 0.3) is 0 Å². The first kappa shape index (κ1) is 16.5. The number of benzene rings is 1. The van der Waals surface area contributed by atoms with Crippen LogP contribution in [0.1, 0.15) is 38.2 Å². The number of halogens is 1. The number of hydrogen-bond donors (Lipinski definition) is 2. The smallest absolute Gasteiger partial charge is 0.303 e. The molecular formula is C15H20ClNO3. The van der Waals surface area contributed by atoms with Crippen molar-refractivity contribution in [3.63, 3.8) is 0 Å². The number of nitrogens with one attached hydrogen (secondary N) is 1. The molecule has 1 rings (SSSR count). The summed E-state index contributed by atoms with van der Waals surface area (Å²) in [6, 6.07) is 7.48. The minimum Gasteiger partial charge on any atom is -0.481 e. The van der Waals surface area contributed by atoms with Crippen molar-refractivity contribution in [2.45, 2.75) is 45.1 Å². The molecule has 1 atom stereocenters. The van der Waals surface area contributed by atoms with Crippen LogP contribution < -0.4 is 5.32 Å². The fourth-order valence-corrected chi connectivity index (χ4v) is 1.99.